The molecular weight excluding hydrogens is 272 g/mol. The summed E-state index contributed by atoms with van der Waals surface area (Å²) in [5.41, 5.74) is 1.24. The van der Waals surface area contributed by atoms with Gasteiger partial charge in [-0.15, -0.1) is 11.3 Å². The third-order valence-electron chi connectivity index (χ3n) is 3.82. The number of nitrogens with zero attached hydrogens (tertiary/aromatic N) is 3. The van der Waals surface area contributed by atoms with Crippen LogP contribution in [0, 0.1) is 0 Å². The van der Waals surface area contributed by atoms with Gasteiger partial charge in [0, 0.05) is 31.2 Å². The predicted molar refractivity (Wildman–Crippen MR) is 82.5 cm³/mol. The summed E-state index contributed by atoms with van der Waals surface area (Å²) in [5.74, 6) is 1.09. The monoisotopic (exact) mass is 294 g/mol. The van der Waals surface area contributed by atoms with Gasteiger partial charge in [0.1, 0.15) is 0 Å². The van der Waals surface area contributed by atoms with E-state index in [1.54, 1.807) is 11.3 Å². The van der Waals surface area contributed by atoms with Gasteiger partial charge in [0.25, 0.3) is 0 Å². The molecule has 110 valence electrons. The predicted octanol–water partition coefficient (Wildman–Crippen LogP) is 1.86. The van der Waals surface area contributed by atoms with Crippen molar-refractivity contribution in [2.75, 3.05) is 24.5 Å². The Kier molecular flexibility index (Phi) is 4.24. The molecule has 0 bridgehead atoms. The van der Waals surface area contributed by atoms with E-state index in [1.165, 1.54) is 5.69 Å². The average Bonchev–Trinajstić information content (AvgIpc) is 3.02. The highest BCUT2D eigenvalue weighted by atomic mass is 32.1. The number of nitrogens with one attached hydrogen (secondary N) is 1. The Morgan fingerprint density at radius 1 is 1.45 bits per heavy atom. The van der Waals surface area contributed by atoms with Crippen LogP contribution in [-0.2, 0) is 6.54 Å². The van der Waals surface area contributed by atoms with Gasteiger partial charge >= 0.3 is 0 Å². The third kappa shape index (κ3) is 2.68. The van der Waals surface area contributed by atoms with Crippen molar-refractivity contribution in [3.63, 3.8) is 0 Å². The second-order valence-corrected chi connectivity index (χ2v) is 6.21. The first-order chi connectivity index (χ1) is 9.79. The van der Waals surface area contributed by atoms with Crippen molar-refractivity contribution >= 4 is 22.1 Å². The molecule has 1 aliphatic heterocycles. The number of anilines is 1. The van der Waals surface area contributed by atoms with Gasteiger partial charge in [-0.2, -0.15) is 0 Å². The molecule has 2 aromatic rings. The number of aliphatic hydroxyl groups excluding tert-OH is 1. The van der Waals surface area contributed by atoms with E-state index in [0.717, 1.165) is 56.2 Å². The molecule has 0 saturated carbocycles. The maximum absolute atomic E-state index is 9.65. The van der Waals surface area contributed by atoms with Crippen molar-refractivity contribution in [2.45, 2.75) is 38.8 Å². The number of imidazole rings is 1. The van der Waals surface area contributed by atoms with E-state index in [1.807, 2.05) is 0 Å². The van der Waals surface area contributed by atoms with Crippen LogP contribution in [0.3, 0.4) is 0 Å². The molecule has 1 saturated heterocycles. The molecule has 20 heavy (non-hydrogen) atoms. The Morgan fingerprint density at radius 3 is 3.00 bits per heavy atom. The topological polar surface area (TPSA) is 52.8 Å². The molecule has 0 amide bonds. The highest BCUT2D eigenvalue weighted by Gasteiger charge is 2.23. The van der Waals surface area contributed by atoms with Crippen LogP contribution in [0.2, 0.25) is 0 Å². The standard InChI is InChI=1S/C14H22N4OS/c1-2-5-15-10-12-13(16-14-18(12)8-9-20-14)17-6-3-11(19)4-7-17/h8-9,11,15,19H,2-7,10H2,1H3. The fraction of sp³-hybridized carbons (Fsp3) is 0.643. The number of fused-ring (bicyclic) bond motifs is 1. The molecule has 0 atom stereocenters. The number of thiazole rings is 1. The van der Waals surface area contributed by atoms with E-state index in [9.17, 15) is 5.11 Å². The van der Waals surface area contributed by atoms with Gasteiger partial charge in [0.2, 0.25) is 0 Å². The maximum atomic E-state index is 9.65. The molecule has 5 nitrogen and oxygen atoms in total. The summed E-state index contributed by atoms with van der Waals surface area (Å²) >= 11 is 1.67. The largest absolute Gasteiger partial charge is 0.393 e. The van der Waals surface area contributed by atoms with Crippen molar-refractivity contribution in [3.8, 4) is 0 Å². The van der Waals surface area contributed by atoms with E-state index >= 15 is 0 Å². The van der Waals surface area contributed by atoms with E-state index in [4.69, 9.17) is 4.98 Å². The number of aliphatic hydroxyl groups is 1. The Hall–Kier alpha value is -1.11. The van der Waals surface area contributed by atoms with Gasteiger partial charge < -0.3 is 15.3 Å². The zero-order chi connectivity index (χ0) is 13.9. The Labute approximate surface area is 123 Å². The summed E-state index contributed by atoms with van der Waals surface area (Å²) in [6.07, 6.45) is 4.77. The van der Waals surface area contributed by atoms with Gasteiger partial charge in [-0.1, -0.05) is 6.92 Å². The maximum Gasteiger partial charge on any atom is 0.195 e. The summed E-state index contributed by atoms with van der Waals surface area (Å²) in [5, 5.41) is 15.2. The number of aromatic nitrogens is 2. The van der Waals surface area contributed by atoms with Crippen LogP contribution >= 0.6 is 11.3 Å². The molecule has 0 aromatic carbocycles. The molecule has 3 rings (SSSR count). The highest BCUT2D eigenvalue weighted by molar-refractivity contribution is 7.15. The number of rotatable bonds is 5. The Balaban J connectivity index is 1.84. The van der Waals surface area contributed by atoms with E-state index in [2.05, 4.69) is 33.1 Å². The molecule has 1 aliphatic rings. The molecule has 1 fully saturated rings. The molecular formula is C14H22N4OS. The Morgan fingerprint density at radius 2 is 2.25 bits per heavy atom. The first-order valence-corrected chi connectivity index (χ1v) is 8.25. The minimum Gasteiger partial charge on any atom is -0.393 e. The van der Waals surface area contributed by atoms with E-state index < -0.39 is 0 Å². The fourth-order valence-electron chi connectivity index (χ4n) is 2.70. The first-order valence-electron chi connectivity index (χ1n) is 7.37. The number of hydrogen-bond donors (Lipinski definition) is 2. The summed E-state index contributed by atoms with van der Waals surface area (Å²) < 4.78 is 2.19. The van der Waals surface area contributed by atoms with Crippen LogP contribution in [0.25, 0.3) is 4.96 Å². The Bertz CT molecular complexity index is 557. The zero-order valence-corrected chi connectivity index (χ0v) is 12.7. The summed E-state index contributed by atoms with van der Waals surface area (Å²) in [4.78, 5) is 8.16. The molecule has 6 heteroatoms. The second kappa shape index (κ2) is 6.11. The van der Waals surface area contributed by atoms with Crippen molar-refractivity contribution in [3.05, 3.63) is 17.3 Å². The number of hydrogen-bond acceptors (Lipinski definition) is 5. The van der Waals surface area contributed by atoms with Crippen LogP contribution in [0.4, 0.5) is 5.82 Å². The van der Waals surface area contributed by atoms with E-state index in [0.29, 0.717) is 0 Å². The van der Waals surface area contributed by atoms with Gasteiger partial charge in [-0.3, -0.25) is 4.40 Å². The lowest BCUT2D eigenvalue weighted by Crippen LogP contribution is -2.36. The molecule has 0 aliphatic carbocycles. The van der Waals surface area contributed by atoms with Crippen LogP contribution in [0.5, 0.6) is 0 Å². The van der Waals surface area contributed by atoms with E-state index in [-0.39, 0.29) is 6.10 Å². The minimum atomic E-state index is -0.142. The van der Waals surface area contributed by atoms with Crippen molar-refractivity contribution < 1.29 is 5.11 Å². The van der Waals surface area contributed by atoms with Crippen molar-refractivity contribution in [1.82, 2.24) is 14.7 Å². The SMILES string of the molecule is CCCNCc1c(N2CCC(O)CC2)nc2sccn12. The molecule has 3 heterocycles. The lowest BCUT2D eigenvalue weighted by molar-refractivity contribution is 0.145. The smallest absolute Gasteiger partial charge is 0.195 e. The average molecular weight is 294 g/mol. The molecule has 2 aromatic heterocycles. The zero-order valence-electron chi connectivity index (χ0n) is 11.9. The molecule has 0 radical (unpaired) electrons. The summed E-state index contributed by atoms with van der Waals surface area (Å²) in [6.45, 7) is 5.84. The molecule has 2 N–H and O–H groups in total. The minimum absolute atomic E-state index is 0.142. The summed E-state index contributed by atoms with van der Waals surface area (Å²) in [6, 6.07) is 0. The van der Waals surface area contributed by atoms with Crippen LogP contribution in [0.1, 0.15) is 31.9 Å². The van der Waals surface area contributed by atoms with Crippen LogP contribution in [0.15, 0.2) is 11.6 Å². The second-order valence-electron chi connectivity index (χ2n) is 5.33. The quantitative estimate of drug-likeness (QED) is 0.827. The fourth-order valence-corrected chi connectivity index (χ4v) is 3.43. The number of piperidine rings is 1. The lowest BCUT2D eigenvalue weighted by atomic mass is 10.1. The third-order valence-corrected chi connectivity index (χ3v) is 4.58. The van der Waals surface area contributed by atoms with Crippen LogP contribution < -0.4 is 10.2 Å². The molecule has 0 unspecified atom stereocenters. The highest BCUT2D eigenvalue weighted by Crippen LogP contribution is 2.27. The van der Waals surface area contributed by atoms with Crippen LogP contribution in [-0.4, -0.2) is 40.2 Å². The van der Waals surface area contributed by atoms with Gasteiger partial charge in [-0.05, 0) is 25.8 Å². The van der Waals surface area contributed by atoms with Crippen molar-refractivity contribution in [1.29, 1.82) is 0 Å². The lowest BCUT2D eigenvalue weighted by Gasteiger charge is -2.30. The first kappa shape index (κ1) is 13.9. The molecule has 0 spiro atoms. The van der Waals surface area contributed by atoms with Gasteiger partial charge in [0.05, 0.1) is 11.8 Å². The van der Waals surface area contributed by atoms with Crippen molar-refractivity contribution in [2.24, 2.45) is 0 Å². The summed E-state index contributed by atoms with van der Waals surface area (Å²) in [7, 11) is 0. The van der Waals surface area contributed by atoms with Gasteiger partial charge in [0.15, 0.2) is 10.8 Å². The van der Waals surface area contributed by atoms with Gasteiger partial charge in [-0.25, -0.2) is 4.98 Å². The normalized spacial score (nSPS) is 17.2.